The molecule has 0 spiro atoms. The maximum Gasteiger partial charge on any atom is 0.0732 e. The predicted molar refractivity (Wildman–Crippen MR) is 71.2 cm³/mol. The van der Waals surface area contributed by atoms with Crippen LogP contribution in [-0.2, 0) is 11.2 Å². The van der Waals surface area contributed by atoms with Gasteiger partial charge in [0, 0.05) is 18.7 Å². The molecule has 1 fully saturated rings. The zero-order chi connectivity index (χ0) is 12.1. The lowest BCUT2D eigenvalue weighted by Gasteiger charge is -2.26. The van der Waals surface area contributed by atoms with Crippen LogP contribution in [0, 0.1) is 0 Å². The molecule has 1 aromatic rings. The van der Waals surface area contributed by atoms with Gasteiger partial charge in [0.25, 0.3) is 0 Å². The zero-order valence-corrected chi connectivity index (χ0v) is 10.9. The van der Waals surface area contributed by atoms with Crippen LogP contribution in [0.25, 0.3) is 0 Å². The Morgan fingerprint density at radius 1 is 1.29 bits per heavy atom. The fourth-order valence-corrected chi connectivity index (χ4v) is 2.51. The molecule has 0 bridgehead atoms. The minimum absolute atomic E-state index is 0.387. The van der Waals surface area contributed by atoms with E-state index in [-0.39, 0.29) is 0 Å². The smallest absolute Gasteiger partial charge is 0.0732 e. The summed E-state index contributed by atoms with van der Waals surface area (Å²) in [7, 11) is 0. The second-order valence-corrected chi connectivity index (χ2v) is 5.17. The van der Waals surface area contributed by atoms with Gasteiger partial charge in [-0.1, -0.05) is 44.2 Å². The van der Waals surface area contributed by atoms with Crippen molar-refractivity contribution in [1.82, 2.24) is 5.32 Å². The van der Waals surface area contributed by atoms with E-state index in [4.69, 9.17) is 4.74 Å². The van der Waals surface area contributed by atoms with E-state index in [0.717, 1.165) is 13.0 Å². The topological polar surface area (TPSA) is 21.3 Å². The van der Waals surface area contributed by atoms with Crippen molar-refractivity contribution < 1.29 is 4.74 Å². The Balaban J connectivity index is 1.99. The third kappa shape index (κ3) is 3.83. The van der Waals surface area contributed by atoms with Gasteiger partial charge < -0.3 is 10.1 Å². The number of rotatable bonds is 5. The summed E-state index contributed by atoms with van der Waals surface area (Å²) >= 11 is 0. The van der Waals surface area contributed by atoms with Gasteiger partial charge in [-0.3, -0.25) is 0 Å². The van der Waals surface area contributed by atoms with E-state index in [9.17, 15) is 0 Å². The average molecular weight is 233 g/mol. The van der Waals surface area contributed by atoms with Gasteiger partial charge in [-0.25, -0.2) is 0 Å². The molecule has 2 heteroatoms. The van der Waals surface area contributed by atoms with Gasteiger partial charge in [-0.2, -0.15) is 0 Å². The average Bonchev–Trinajstić information content (AvgIpc) is 2.82. The molecule has 2 nitrogen and oxygen atoms in total. The van der Waals surface area contributed by atoms with Crippen molar-refractivity contribution in [3.05, 3.63) is 35.9 Å². The van der Waals surface area contributed by atoms with E-state index < -0.39 is 0 Å². The van der Waals surface area contributed by atoms with E-state index in [1.807, 2.05) is 0 Å². The van der Waals surface area contributed by atoms with Crippen LogP contribution in [0.5, 0.6) is 0 Å². The second-order valence-electron chi connectivity index (χ2n) is 5.17. The van der Waals surface area contributed by atoms with Crippen LogP contribution >= 0.6 is 0 Å². The molecule has 94 valence electrons. The molecule has 2 rings (SSSR count). The van der Waals surface area contributed by atoms with E-state index in [2.05, 4.69) is 49.5 Å². The van der Waals surface area contributed by atoms with Crippen molar-refractivity contribution in [2.24, 2.45) is 0 Å². The van der Waals surface area contributed by atoms with Crippen molar-refractivity contribution in [3.8, 4) is 0 Å². The first-order chi connectivity index (χ1) is 8.25. The maximum absolute atomic E-state index is 5.83. The first-order valence-electron chi connectivity index (χ1n) is 6.67. The quantitative estimate of drug-likeness (QED) is 0.844. The molecule has 0 aliphatic carbocycles. The van der Waals surface area contributed by atoms with Crippen molar-refractivity contribution in [1.29, 1.82) is 0 Å². The minimum Gasteiger partial charge on any atom is -0.377 e. The molecular weight excluding hydrogens is 210 g/mol. The molecule has 1 aliphatic heterocycles. The van der Waals surface area contributed by atoms with Crippen molar-refractivity contribution >= 4 is 0 Å². The SMILES string of the molecule is CC(C)N[C@@H](Cc1ccccc1)[C@H]1CCCO1. The maximum atomic E-state index is 5.83. The molecule has 17 heavy (non-hydrogen) atoms. The highest BCUT2D eigenvalue weighted by molar-refractivity contribution is 5.16. The lowest BCUT2D eigenvalue weighted by molar-refractivity contribution is 0.0755. The van der Waals surface area contributed by atoms with Crippen molar-refractivity contribution in [3.63, 3.8) is 0 Å². The highest BCUT2D eigenvalue weighted by atomic mass is 16.5. The number of nitrogens with one attached hydrogen (secondary N) is 1. The molecule has 0 amide bonds. The van der Waals surface area contributed by atoms with Crippen LogP contribution in [0.15, 0.2) is 30.3 Å². The van der Waals surface area contributed by atoms with E-state index in [0.29, 0.717) is 18.2 Å². The third-order valence-electron chi connectivity index (χ3n) is 3.26. The molecule has 0 radical (unpaired) electrons. The van der Waals surface area contributed by atoms with E-state index in [1.165, 1.54) is 18.4 Å². The van der Waals surface area contributed by atoms with Crippen LogP contribution in [0.4, 0.5) is 0 Å². The van der Waals surface area contributed by atoms with Crippen molar-refractivity contribution in [2.45, 2.75) is 51.3 Å². The molecule has 1 aromatic carbocycles. The normalized spacial score (nSPS) is 21.9. The van der Waals surface area contributed by atoms with Gasteiger partial charge in [0.05, 0.1) is 6.10 Å². The minimum atomic E-state index is 0.387. The summed E-state index contributed by atoms with van der Waals surface area (Å²) in [4.78, 5) is 0. The second kappa shape index (κ2) is 6.18. The summed E-state index contributed by atoms with van der Waals surface area (Å²) in [6, 6.07) is 11.6. The predicted octanol–water partition coefficient (Wildman–Crippen LogP) is 2.77. The molecule has 0 aromatic heterocycles. The number of hydrogen-bond donors (Lipinski definition) is 1. The molecular formula is C15H23NO. The lowest BCUT2D eigenvalue weighted by Crippen LogP contribution is -2.44. The van der Waals surface area contributed by atoms with Crippen LogP contribution in [0.2, 0.25) is 0 Å². The molecule has 1 heterocycles. The van der Waals surface area contributed by atoms with Crippen LogP contribution in [-0.4, -0.2) is 24.8 Å². The fourth-order valence-electron chi connectivity index (χ4n) is 2.51. The van der Waals surface area contributed by atoms with Gasteiger partial charge >= 0.3 is 0 Å². The van der Waals surface area contributed by atoms with E-state index in [1.54, 1.807) is 0 Å². The summed E-state index contributed by atoms with van der Waals surface area (Å²) in [6.45, 7) is 5.33. The Kier molecular flexibility index (Phi) is 4.57. The van der Waals surface area contributed by atoms with Crippen LogP contribution < -0.4 is 5.32 Å². The van der Waals surface area contributed by atoms with E-state index >= 15 is 0 Å². The Hall–Kier alpha value is -0.860. The number of ether oxygens (including phenoxy) is 1. The molecule has 1 aliphatic rings. The Bertz CT molecular complexity index is 317. The molecule has 0 unspecified atom stereocenters. The first-order valence-corrected chi connectivity index (χ1v) is 6.67. The standard InChI is InChI=1S/C15H23NO/c1-12(2)16-14(15-9-6-10-17-15)11-13-7-4-3-5-8-13/h3-5,7-8,12,14-16H,6,9-11H2,1-2H3/t14-,15+/m0/s1. The van der Waals surface area contributed by atoms with Gasteiger partial charge in [-0.15, -0.1) is 0 Å². The molecule has 0 saturated carbocycles. The summed E-state index contributed by atoms with van der Waals surface area (Å²) < 4.78 is 5.83. The zero-order valence-electron chi connectivity index (χ0n) is 10.9. The largest absolute Gasteiger partial charge is 0.377 e. The van der Waals surface area contributed by atoms with Gasteiger partial charge in [0.1, 0.15) is 0 Å². The summed E-state index contributed by atoms with van der Waals surface area (Å²) in [5.74, 6) is 0. The number of benzene rings is 1. The first kappa shape index (κ1) is 12.6. The molecule has 1 saturated heterocycles. The Labute approximate surface area is 104 Å². The van der Waals surface area contributed by atoms with Gasteiger partial charge in [0.15, 0.2) is 0 Å². The number of hydrogen-bond acceptors (Lipinski definition) is 2. The summed E-state index contributed by atoms with van der Waals surface area (Å²) in [5.41, 5.74) is 1.39. The lowest BCUT2D eigenvalue weighted by atomic mass is 9.99. The fraction of sp³-hybridized carbons (Fsp3) is 0.600. The van der Waals surface area contributed by atoms with Crippen LogP contribution in [0.3, 0.4) is 0 Å². The summed E-state index contributed by atoms with van der Waals surface area (Å²) in [5, 5.41) is 3.65. The molecule has 1 N–H and O–H groups in total. The van der Waals surface area contributed by atoms with Gasteiger partial charge in [0.2, 0.25) is 0 Å². The van der Waals surface area contributed by atoms with Crippen molar-refractivity contribution in [2.75, 3.05) is 6.61 Å². The highest BCUT2D eigenvalue weighted by Crippen LogP contribution is 2.19. The molecule has 2 atom stereocenters. The third-order valence-corrected chi connectivity index (χ3v) is 3.26. The summed E-state index contributed by atoms with van der Waals surface area (Å²) in [6.07, 6.45) is 3.84. The van der Waals surface area contributed by atoms with Gasteiger partial charge in [-0.05, 0) is 24.8 Å². The monoisotopic (exact) mass is 233 g/mol. The highest BCUT2D eigenvalue weighted by Gasteiger charge is 2.26. The Morgan fingerprint density at radius 2 is 2.06 bits per heavy atom. The Morgan fingerprint density at radius 3 is 2.65 bits per heavy atom. The van der Waals surface area contributed by atoms with Crippen LogP contribution in [0.1, 0.15) is 32.3 Å².